The van der Waals surface area contributed by atoms with Gasteiger partial charge in [-0.15, -0.1) is 6.42 Å². The minimum absolute atomic E-state index is 0.155. The molecule has 30 heavy (non-hydrogen) atoms. The largest absolute Gasteiger partial charge is 0.479 e. The average molecular weight is 421 g/mol. The highest BCUT2D eigenvalue weighted by Crippen LogP contribution is 2.24. The molecule has 2 unspecified atom stereocenters. The van der Waals surface area contributed by atoms with Gasteiger partial charge in [-0.05, 0) is 13.3 Å². The number of carbonyl (C=O) groups is 2. The summed E-state index contributed by atoms with van der Waals surface area (Å²) in [5, 5.41) is 29.7. The molecule has 0 aliphatic rings. The highest BCUT2D eigenvalue weighted by molar-refractivity contribution is 6.01. The molecule has 0 fully saturated rings. The Morgan fingerprint density at radius 1 is 1.37 bits per heavy atom. The molecule has 2 atom stereocenters. The van der Waals surface area contributed by atoms with Crippen LogP contribution < -0.4 is 5.73 Å². The fourth-order valence-electron chi connectivity index (χ4n) is 2.93. The van der Waals surface area contributed by atoms with Gasteiger partial charge in [-0.2, -0.15) is 0 Å². The molecule has 0 aliphatic heterocycles. The number of aromatic nitrogens is 4. The van der Waals surface area contributed by atoms with E-state index < -0.39 is 35.9 Å². The molecule has 0 amide bonds. The number of fused-ring (bicyclic) bond motifs is 1. The molecule has 5 N–H and O–H groups in total. The second-order valence-electron chi connectivity index (χ2n) is 6.60. The Morgan fingerprint density at radius 2 is 2.00 bits per heavy atom. The molecule has 0 saturated carbocycles. The van der Waals surface area contributed by atoms with E-state index in [1.54, 1.807) is 6.92 Å². The molecule has 0 spiro atoms. The molecule has 2 aromatic heterocycles. The lowest BCUT2D eigenvalue weighted by Gasteiger charge is -2.33. The number of aryl methyl sites for hydroxylation is 1. The van der Waals surface area contributed by atoms with E-state index in [1.165, 1.54) is 24.9 Å². The van der Waals surface area contributed by atoms with Crippen molar-refractivity contribution in [1.82, 2.24) is 19.5 Å². The van der Waals surface area contributed by atoms with E-state index in [9.17, 15) is 24.9 Å². The van der Waals surface area contributed by atoms with Gasteiger partial charge in [-0.25, -0.2) is 24.5 Å². The Kier molecular flexibility index (Phi) is 6.61. The van der Waals surface area contributed by atoms with Crippen LogP contribution in [0.5, 0.6) is 0 Å². The van der Waals surface area contributed by atoms with Gasteiger partial charge in [0.05, 0.1) is 19.5 Å². The zero-order valence-electron chi connectivity index (χ0n) is 16.7. The summed E-state index contributed by atoms with van der Waals surface area (Å²) in [5.41, 5.74) is 1.94. The summed E-state index contributed by atoms with van der Waals surface area (Å²) in [6.07, 6.45) is 5.26. The van der Waals surface area contributed by atoms with Crippen molar-refractivity contribution < 1.29 is 34.4 Å². The van der Waals surface area contributed by atoms with Crippen LogP contribution >= 0.6 is 0 Å². The van der Waals surface area contributed by atoms with Crippen molar-refractivity contribution in [2.24, 2.45) is 0 Å². The number of methoxy groups -OCH3 is 1. The van der Waals surface area contributed by atoms with E-state index in [1.807, 2.05) is 0 Å². The van der Waals surface area contributed by atoms with Gasteiger partial charge in [0.1, 0.15) is 17.4 Å². The van der Waals surface area contributed by atoms with Gasteiger partial charge in [-0.3, -0.25) is 0 Å². The van der Waals surface area contributed by atoms with Crippen LogP contribution in [0.25, 0.3) is 11.2 Å². The normalized spacial score (nSPS) is 14.8. The molecule has 2 aromatic rings. The number of imidazole rings is 1. The Balaban J connectivity index is 2.35. The number of nitrogens with two attached hydrogens (primary N) is 1. The summed E-state index contributed by atoms with van der Waals surface area (Å²) in [6.45, 7) is 2.11. The number of hydrogen-bond acceptors (Lipinski definition) is 9. The number of terminal acetylenes is 1. The number of nitrogen functional groups attached to an aromatic ring is 1. The van der Waals surface area contributed by atoms with E-state index in [0.29, 0.717) is 17.0 Å². The maximum Gasteiger partial charge on any atom is 0.347 e. The standard InChI is InChI=1S/C18H23N5O7/c1-5-17(28,8-23-9-20-12-13(19)21-10(3)22-14(12)23)11(29-4)7-30-18(6-2,15(24)25)16(26)27/h1,9,11,28H,6-8H2,2-4H3,(H,24,25)(H,26,27)(H2,19,21,22). The number of ether oxygens (including phenoxy) is 2. The van der Waals surface area contributed by atoms with Gasteiger partial charge in [0.2, 0.25) is 0 Å². The molecule has 0 aromatic carbocycles. The van der Waals surface area contributed by atoms with Gasteiger partial charge in [0.25, 0.3) is 5.60 Å². The molecule has 12 nitrogen and oxygen atoms in total. The second-order valence-corrected chi connectivity index (χ2v) is 6.60. The van der Waals surface area contributed by atoms with Crippen molar-refractivity contribution in [2.75, 3.05) is 19.5 Å². The van der Waals surface area contributed by atoms with Crippen LogP contribution in [0.1, 0.15) is 19.2 Å². The first-order valence-electron chi connectivity index (χ1n) is 8.83. The predicted octanol–water partition coefficient (Wildman–Crippen LogP) is -0.569. The third-order valence-electron chi connectivity index (χ3n) is 4.75. The maximum atomic E-state index is 11.5. The lowest BCUT2D eigenvalue weighted by Crippen LogP contribution is -2.54. The monoisotopic (exact) mass is 421 g/mol. The average Bonchev–Trinajstić information content (AvgIpc) is 3.07. The number of carboxylic acid groups (broad SMARTS) is 2. The van der Waals surface area contributed by atoms with E-state index in [0.717, 1.165) is 0 Å². The molecule has 0 radical (unpaired) electrons. The highest BCUT2D eigenvalue weighted by atomic mass is 16.6. The summed E-state index contributed by atoms with van der Waals surface area (Å²) in [4.78, 5) is 35.4. The SMILES string of the molecule is C#CC(O)(Cn1cnc2c(N)nc(C)nc21)C(COC(CC)(C(=O)O)C(=O)O)OC. The van der Waals surface area contributed by atoms with Crippen LogP contribution in [0.4, 0.5) is 5.82 Å². The number of aliphatic hydroxyl groups is 1. The minimum Gasteiger partial charge on any atom is -0.479 e. The highest BCUT2D eigenvalue weighted by Gasteiger charge is 2.48. The fourth-order valence-corrected chi connectivity index (χ4v) is 2.93. The summed E-state index contributed by atoms with van der Waals surface area (Å²) < 4.78 is 11.9. The molecular formula is C18H23N5O7. The number of anilines is 1. The topological polar surface area (TPSA) is 183 Å². The lowest BCUT2D eigenvalue weighted by atomic mass is 9.96. The Bertz CT molecular complexity index is 985. The number of hydrogen-bond donors (Lipinski definition) is 4. The third-order valence-corrected chi connectivity index (χ3v) is 4.75. The van der Waals surface area contributed by atoms with E-state index in [2.05, 4.69) is 20.9 Å². The van der Waals surface area contributed by atoms with Crippen LogP contribution in [0.2, 0.25) is 0 Å². The second kappa shape index (κ2) is 8.62. The van der Waals surface area contributed by atoms with Gasteiger partial charge in [-0.1, -0.05) is 12.8 Å². The van der Waals surface area contributed by atoms with Crippen molar-refractivity contribution in [3.8, 4) is 12.3 Å². The van der Waals surface area contributed by atoms with Crippen LogP contribution in [-0.2, 0) is 25.6 Å². The summed E-state index contributed by atoms with van der Waals surface area (Å²) in [5.74, 6) is -0.617. The van der Waals surface area contributed by atoms with Crippen LogP contribution in [0.15, 0.2) is 6.33 Å². The zero-order chi connectivity index (χ0) is 22.7. The van der Waals surface area contributed by atoms with E-state index >= 15 is 0 Å². The molecule has 162 valence electrons. The van der Waals surface area contributed by atoms with Crippen molar-refractivity contribution in [3.05, 3.63) is 12.2 Å². The predicted molar refractivity (Wildman–Crippen MR) is 103 cm³/mol. The van der Waals surface area contributed by atoms with Gasteiger partial charge in [0.15, 0.2) is 17.1 Å². The molecular weight excluding hydrogens is 398 g/mol. The Hall–Kier alpha value is -3.27. The van der Waals surface area contributed by atoms with E-state index in [4.69, 9.17) is 21.6 Å². The number of nitrogens with zero attached hydrogens (tertiary/aromatic N) is 4. The Morgan fingerprint density at radius 3 is 2.50 bits per heavy atom. The molecule has 0 saturated heterocycles. The van der Waals surface area contributed by atoms with Gasteiger partial charge in [0, 0.05) is 7.11 Å². The van der Waals surface area contributed by atoms with Gasteiger partial charge >= 0.3 is 11.9 Å². The van der Waals surface area contributed by atoms with Crippen molar-refractivity contribution in [1.29, 1.82) is 0 Å². The smallest absolute Gasteiger partial charge is 0.347 e. The maximum absolute atomic E-state index is 11.5. The Labute approximate surface area is 171 Å². The molecule has 0 bridgehead atoms. The zero-order valence-corrected chi connectivity index (χ0v) is 16.7. The summed E-state index contributed by atoms with van der Waals surface area (Å²) in [6, 6.07) is 0. The first-order valence-corrected chi connectivity index (χ1v) is 8.83. The van der Waals surface area contributed by atoms with Crippen LogP contribution in [0, 0.1) is 19.3 Å². The minimum atomic E-state index is -2.51. The first-order chi connectivity index (χ1) is 14.0. The first kappa shape index (κ1) is 23.0. The summed E-state index contributed by atoms with van der Waals surface area (Å²) >= 11 is 0. The quantitative estimate of drug-likeness (QED) is 0.285. The molecule has 2 rings (SSSR count). The molecule has 12 heteroatoms. The summed E-state index contributed by atoms with van der Waals surface area (Å²) in [7, 11) is 1.22. The van der Waals surface area contributed by atoms with E-state index in [-0.39, 0.29) is 18.8 Å². The van der Waals surface area contributed by atoms with Crippen molar-refractivity contribution >= 4 is 28.9 Å². The number of carboxylic acids is 2. The fraction of sp³-hybridized carbons (Fsp3) is 0.500. The van der Waals surface area contributed by atoms with Crippen molar-refractivity contribution in [2.45, 2.75) is 44.1 Å². The van der Waals surface area contributed by atoms with Crippen LogP contribution in [-0.4, -0.2) is 77.8 Å². The molecule has 2 heterocycles. The molecule has 0 aliphatic carbocycles. The number of rotatable bonds is 10. The third kappa shape index (κ3) is 4.04. The van der Waals surface area contributed by atoms with Crippen LogP contribution in [0.3, 0.4) is 0 Å². The lowest BCUT2D eigenvalue weighted by molar-refractivity contribution is -0.193. The van der Waals surface area contributed by atoms with Gasteiger partial charge < -0.3 is 35.1 Å². The van der Waals surface area contributed by atoms with Crippen molar-refractivity contribution in [3.63, 3.8) is 0 Å². The number of aliphatic carboxylic acids is 2.